The van der Waals surface area contributed by atoms with Gasteiger partial charge in [0, 0.05) is 13.1 Å². The summed E-state index contributed by atoms with van der Waals surface area (Å²) >= 11 is 0. The molecule has 1 saturated heterocycles. The molecule has 0 radical (unpaired) electrons. The van der Waals surface area contributed by atoms with E-state index in [-0.39, 0.29) is 0 Å². The summed E-state index contributed by atoms with van der Waals surface area (Å²) in [7, 11) is 0. The Morgan fingerprint density at radius 2 is 2.09 bits per heavy atom. The van der Waals surface area contributed by atoms with Crippen LogP contribution in [0.3, 0.4) is 0 Å². The van der Waals surface area contributed by atoms with Crippen LogP contribution in [0.15, 0.2) is 0 Å². The summed E-state index contributed by atoms with van der Waals surface area (Å²) in [6, 6.07) is 0. The maximum Gasteiger partial charge on any atom is 0.0677 e. The molecule has 0 spiro atoms. The van der Waals surface area contributed by atoms with E-state index in [1.54, 1.807) is 0 Å². The number of ether oxygens (including phenoxy) is 1. The third kappa shape index (κ3) is 2.80. The van der Waals surface area contributed by atoms with E-state index < -0.39 is 0 Å². The number of likely N-dealkylation sites (N-methyl/N-ethyl adjacent to an activating group) is 1. The summed E-state index contributed by atoms with van der Waals surface area (Å²) in [5, 5.41) is 0. The van der Waals surface area contributed by atoms with E-state index >= 15 is 0 Å². The Morgan fingerprint density at radius 3 is 2.73 bits per heavy atom. The Morgan fingerprint density at radius 1 is 1.36 bits per heavy atom. The molecule has 11 heavy (non-hydrogen) atoms. The summed E-state index contributed by atoms with van der Waals surface area (Å²) < 4.78 is 5.70. The summed E-state index contributed by atoms with van der Waals surface area (Å²) in [6.07, 6.45) is 2.03. The molecule has 0 aromatic rings. The van der Waals surface area contributed by atoms with Crippen molar-refractivity contribution in [2.24, 2.45) is 0 Å². The highest BCUT2D eigenvalue weighted by molar-refractivity contribution is 4.68. The van der Waals surface area contributed by atoms with Crippen LogP contribution in [0.5, 0.6) is 0 Å². The van der Waals surface area contributed by atoms with E-state index in [0.29, 0.717) is 12.2 Å². The highest BCUT2D eigenvalue weighted by atomic mass is 16.5. The predicted molar refractivity (Wildman–Crippen MR) is 46.7 cm³/mol. The lowest BCUT2D eigenvalue weighted by Crippen LogP contribution is -2.29. The zero-order chi connectivity index (χ0) is 8.27. The fraction of sp³-hybridized carbons (Fsp3) is 1.00. The molecule has 0 aromatic heterocycles. The first kappa shape index (κ1) is 9.01. The van der Waals surface area contributed by atoms with Gasteiger partial charge in [0.1, 0.15) is 0 Å². The van der Waals surface area contributed by atoms with E-state index in [9.17, 15) is 0 Å². The minimum atomic E-state index is 0.410. The topological polar surface area (TPSA) is 12.5 Å². The van der Waals surface area contributed by atoms with Gasteiger partial charge >= 0.3 is 0 Å². The van der Waals surface area contributed by atoms with Crippen LogP contribution in [0.25, 0.3) is 0 Å². The minimum absolute atomic E-state index is 0.410. The largest absolute Gasteiger partial charge is 0.374 e. The van der Waals surface area contributed by atoms with Gasteiger partial charge in [-0.05, 0) is 26.8 Å². The van der Waals surface area contributed by atoms with Crippen LogP contribution >= 0.6 is 0 Å². The molecule has 0 aromatic carbocycles. The molecular weight excluding hydrogens is 138 g/mol. The number of rotatable bonds is 1. The second-order valence-electron chi connectivity index (χ2n) is 3.44. The van der Waals surface area contributed by atoms with Crippen molar-refractivity contribution in [2.45, 2.75) is 39.4 Å². The molecule has 2 heteroatoms. The number of nitrogens with zero attached hydrogens (tertiary/aromatic N) is 1. The highest BCUT2D eigenvalue weighted by Crippen LogP contribution is 2.10. The normalized spacial score (nSPS) is 35.2. The Hall–Kier alpha value is -0.0800. The molecule has 0 saturated carbocycles. The average Bonchev–Trinajstić information content (AvgIpc) is 2.11. The van der Waals surface area contributed by atoms with Gasteiger partial charge in [0.2, 0.25) is 0 Å². The molecule has 1 fully saturated rings. The second-order valence-corrected chi connectivity index (χ2v) is 3.44. The molecule has 1 rings (SSSR count). The van der Waals surface area contributed by atoms with Crippen LogP contribution in [0.4, 0.5) is 0 Å². The zero-order valence-corrected chi connectivity index (χ0v) is 7.84. The summed E-state index contributed by atoms with van der Waals surface area (Å²) in [5.74, 6) is 0. The maximum absolute atomic E-state index is 5.70. The van der Waals surface area contributed by atoms with Gasteiger partial charge in [0.25, 0.3) is 0 Å². The molecule has 0 unspecified atom stereocenters. The lowest BCUT2D eigenvalue weighted by Gasteiger charge is -2.19. The fourth-order valence-electron chi connectivity index (χ4n) is 1.61. The standard InChI is InChI=1S/C9H19NO/c1-4-10-6-5-8(2)11-9(3)7-10/h8-9H,4-7H2,1-3H3/t8-,9+/m0/s1. The molecule has 66 valence electrons. The Balaban J connectivity index is 2.39. The van der Waals surface area contributed by atoms with Gasteiger partial charge in [-0.2, -0.15) is 0 Å². The van der Waals surface area contributed by atoms with Crippen molar-refractivity contribution >= 4 is 0 Å². The van der Waals surface area contributed by atoms with Gasteiger partial charge in [0.05, 0.1) is 12.2 Å². The second kappa shape index (κ2) is 4.07. The van der Waals surface area contributed by atoms with Crippen LogP contribution < -0.4 is 0 Å². The van der Waals surface area contributed by atoms with Crippen molar-refractivity contribution in [1.29, 1.82) is 0 Å². The number of hydrogen-bond donors (Lipinski definition) is 0. The molecule has 2 nitrogen and oxygen atoms in total. The highest BCUT2D eigenvalue weighted by Gasteiger charge is 2.17. The van der Waals surface area contributed by atoms with Crippen LogP contribution in [-0.4, -0.2) is 36.7 Å². The number of hydrogen-bond acceptors (Lipinski definition) is 2. The monoisotopic (exact) mass is 157 g/mol. The van der Waals surface area contributed by atoms with Crippen LogP contribution in [0, 0.1) is 0 Å². The quantitative estimate of drug-likeness (QED) is 0.572. The first-order chi connectivity index (χ1) is 5.22. The third-order valence-corrected chi connectivity index (χ3v) is 2.28. The minimum Gasteiger partial charge on any atom is -0.374 e. The van der Waals surface area contributed by atoms with E-state index in [1.807, 2.05) is 0 Å². The van der Waals surface area contributed by atoms with Gasteiger partial charge in [0.15, 0.2) is 0 Å². The van der Waals surface area contributed by atoms with Gasteiger partial charge in [-0.1, -0.05) is 6.92 Å². The summed E-state index contributed by atoms with van der Waals surface area (Å²) in [6.45, 7) is 9.98. The predicted octanol–water partition coefficient (Wildman–Crippen LogP) is 1.51. The van der Waals surface area contributed by atoms with Crippen molar-refractivity contribution in [2.75, 3.05) is 19.6 Å². The molecule has 0 N–H and O–H groups in total. The van der Waals surface area contributed by atoms with Gasteiger partial charge < -0.3 is 9.64 Å². The van der Waals surface area contributed by atoms with Crippen LogP contribution in [-0.2, 0) is 4.74 Å². The molecular formula is C9H19NO. The first-order valence-corrected chi connectivity index (χ1v) is 4.60. The molecule has 1 heterocycles. The van der Waals surface area contributed by atoms with Crippen molar-refractivity contribution in [3.63, 3.8) is 0 Å². The molecule has 1 aliphatic heterocycles. The van der Waals surface area contributed by atoms with Gasteiger partial charge in [-0.25, -0.2) is 0 Å². The van der Waals surface area contributed by atoms with E-state index in [2.05, 4.69) is 25.7 Å². The van der Waals surface area contributed by atoms with Crippen molar-refractivity contribution in [3.05, 3.63) is 0 Å². The van der Waals surface area contributed by atoms with E-state index in [1.165, 1.54) is 13.0 Å². The first-order valence-electron chi connectivity index (χ1n) is 4.60. The van der Waals surface area contributed by atoms with Crippen molar-refractivity contribution in [3.8, 4) is 0 Å². The molecule has 0 aliphatic carbocycles. The lowest BCUT2D eigenvalue weighted by atomic mass is 10.3. The van der Waals surface area contributed by atoms with Gasteiger partial charge in [-0.15, -0.1) is 0 Å². The van der Waals surface area contributed by atoms with Crippen LogP contribution in [0.2, 0.25) is 0 Å². The van der Waals surface area contributed by atoms with Gasteiger partial charge in [-0.3, -0.25) is 0 Å². The van der Waals surface area contributed by atoms with E-state index in [4.69, 9.17) is 4.74 Å². The maximum atomic E-state index is 5.70. The SMILES string of the molecule is CCN1CC[C@H](C)O[C@H](C)C1. The third-order valence-electron chi connectivity index (χ3n) is 2.28. The lowest BCUT2D eigenvalue weighted by molar-refractivity contribution is 0.0145. The van der Waals surface area contributed by atoms with Crippen molar-refractivity contribution < 1.29 is 4.74 Å². The Labute approximate surface area is 69.5 Å². The average molecular weight is 157 g/mol. The Kier molecular flexibility index (Phi) is 3.34. The molecule has 0 amide bonds. The summed E-state index contributed by atoms with van der Waals surface area (Å²) in [5.41, 5.74) is 0. The molecule has 2 atom stereocenters. The van der Waals surface area contributed by atoms with Crippen LogP contribution in [0.1, 0.15) is 27.2 Å². The zero-order valence-electron chi connectivity index (χ0n) is 7.84. The molecule has 1 aliphatic rings. The Bertz CT molecular complexity index is 116. The summed E-state index contributed by atoms with van der Waals surface area (Å²) in [4.78, 5) is 2.45. The molecule has 0 bridgehead atoms. The van der Waals surface area contributed by atoms with E-state index in [0.717, 1.165) is 13.1 Å². The van der Waals surface area contributed by atoms with Crippen molar-refractivity contribution in [1.82, 2.24) is 4.90 Å². The fourth-order valence-corrected chi connectivity index (χ4v) is 1.61. The smallest absolute Gasteiger partial charge is 0.0677 e.